The minimum atomic E-state index is 0.554. The number of rotatable bonds is 7. The number of aryl methyl sites for hydroxylation is 1. The number of aromatic nitrogens is 2. The third-order valence-electron chi connectivity index (χ3n) is 6.41. The number of likely N-dealkylation sites (tertiary alicyclic amines) is 1. The Morgan fingerprint density at radius 3 is 2.65 bits per heavy atom. The van der Waals surface area contributed by atoms with Gasteiger partial charge in [-0.3, -0.25) is 14.6 Å². The second-order valence-corrected chi connectivity index (χ2v) is 8.63. The standard InChI is InChI=1S/C24H37N7/c1-3-25-24(31-13-10-21(20-31)22-18-27-28(2)19-22)26-11-7-12-29-14-16-30(17-15-29)23-8-5-4-6-9-23/h4-6,8-9,18-19,21H,3,7,10-17,20H2,1-2H3,(H,25,26). The zero-order valence-corrected chi connectivity index (χ0v) is 19.1. The third-order valence-corrected chi connectivity index (χ3v) is 6.41. The molecule has 0 bridgehead atoms. The zero-order valence-electron chi connectivity index (χ0n) is 19.1. The zero-order chi connectivity index (χ0) is 21.5. The molecule has 168 valence electrons. The fourth-order valence-electron chi connectivity index (χ4n) is 4.65. The highest BCUT2D eigenvalue weighted by Crippen LogP contribution is 2.26. The van der Waals surface area contributed by atoms with E-state index in [1.807, 2.05) is 17.9 Å². The monoisotopic (exact) mass is 423 g/mol. The fourth-order valence-corrected chi connectivity index (χ4v) is 4.65. The molecule has 0 saturated carbocycles. The summed E-state index contributed by atoms with van der Waals surface area (Å²) in [5.41, 5.74) is 2.69. The van der Waals surface area contributed by atoms with Crippen LogP contribution < -0.4 is 10.2 Å². The van der Waals surface area contributed by atoms with Crippen molar-refractivity contribution in [1.82, 2.24) is 24.9 Å². The van der Waals surface area contributed by atoms with Gasteiger partial charge in [0.15, 0.2) is 5.96 Å². The Balaban J connectivity index is 1.21. The fraction of sp³-hybridized carbons (Fsp3) is 0.583. The molecule has 2 aromatic rings. The van der Waals surface area contributed by atoms with E-state index in [-0.39, 0.29) is 0 Å². The predicted octanol–water partition coefficient (Wildman–Crippen LogP) is 2.39. The number of nitrogens with zero attached hydrogens (tertiary/aromatic N) is 6. The van der Waals surface area contributed by atoms with Crippen LogP contribution in [0.4, 0.5) is 5.69 Å². The Labute approximate surface area is 186 Å². The average molecular weight is 424 g/mol. The van der Waals surface area contributed by atoms with Crippen molar-refractivity contribution in [2.75, 3.05) is 63.8 Å². The molecular formula is C24H37N7. The number of guanidine groups is 1. The number of piperazine rings is 1. The van der Waals surface area contributed by atoms with E-state index in [0.29, 0.717) is 5.92 Å². The molecule has 0 radical (unpaired) electrons. The molecule has 2 aliphatic rings. The number of hydrogen-bond acceptors (Lipinski definition) is 4. The quantitative estimate of drug-likeness (QED) is 0.421. The van der Waals surface area contributed by atoms with Crippen LogP contribution in [0.5, 0.6) is 0 Å². The minimum Gasteiger partial charge on any atom is -0.369 e. The van der Waals surface area contributed by atoms with Crippen LogP contribution in [0.1, 0.15) is 31.2 Å². The third kappa shape index (κ3) is 5.79. The van der Waals surface area contributed by atoms with Crippen molar-refractivity contribution in [3.05, 3.63) is 48.3 Å². The molecule has 0 aliphatic carbocycles. The maximum atomic E-state index is 4.95. The van der Waals surface area contributed by atoms with Crippen molar-refractivity contribution in [3.8, 4) is 0 Å². The first-order chi connectivity index (χ1) is 15.2. The lowest BCUT2D eigenvalue weighted by molar-refractivity contribution is 0.256. The Hall–Kier alpha value is -2.54. The second kappa shape index (κ2) is 10.7. The number of para-hydroxylation sites is 1. The minimum absolute atomic E-state index is 0.554. The summed E-state index contributed by atoms with van der Waals surface area (Å²) in [7, 11) is 1.99. The van der Waals surface area contributed by atoms with Crippen LogP contribution in [0.15, 0.2) is 47.7 Å². The van der Waals surface area contributed by atoms with E-state index in [4.69, 9.17) is 4.99 Å². The molecule has 7 nitrogen and oxygen atoms in total. The van der Waals surface area contributed by atoms with Gasteiger partial charge in [0.2, 0.25) is 0 Å². The SMILES string of the molecule is CCNC(=NCCCN1CCN(c2ccccc2)CC1)N1CCC(c2cnn(C)c2)C1. The van der Waals surface area contributed by atoms with Crippen LogP contribution in [0, 0.1) is 0 Å². The highest BCUT2D eigenvalue weighted by atomic mass is 15.3. The number of nitrogens with one attached hydrogen (secondary N) is 1. The number of benzene rings is 1. The summed E-state index contributed by atoms with van der Waals surface area (Å²) in [5.74, 6) is 1.63. The Bertz CT molecular complexity index is 823. The van der Waals surface area contributed by atoms with Crippen LogP contribution in [0.25, 0.3) is 0 Å². The number of aliphatic imine (C=N–C) groups is 1. The first-order valence-corrected chi connectivity index (χ1v) is 11.8. The van der Waals surface area contributed by atoms with Crippen LogP contribution in [-0.2, 0) is 7.05 Å². The largest absolute Gasteiger partial charge is 0.369 e. The van der Waals surface area contributed by atoms with Gasteiger partial charge in [-0.2, -0.15) is 5.10 Å². The van der Waals surface area contributed by atoms with Gasteiger partial charge in [-0.15, -0.1) is 0 Å². The Morgan fingerprint density at radius 2 is 1.94 bits per heavy atom. The normalized spacial score (nSPS) is 20.5. The van der Waals surface area contributed by atoms with E-state index in [1.165, 1.54) is 17.7 Å². The lowest BCUT2D eigenvalue weighted by Crippen LogP contribution is -2.46. The summed E-state index contributed by atoms with van der Waals surface area (Å²) in [6, 6.07) is 10.8. The van der Waals surface area contributed by atoms with Crippen molar-refractivity contribution < 1.29 is 0 Å². The summed E-state index contributed by atoms with van der Waals surface area (Å²) in [6.07, 6.45) is 6.44. The van der Waals surface area contributed by atoms with E-state index in [2.05, 4.69) is 68.6 Å². The van der Waals surface area contributed by atoms with Gasteiger partial charge in [-0.1, -0.05) is 18.2 Å². The van der Waals surface area contributed by atoms with Gasteiger partial charge in [0.05, 0.1) is 6.20 Å². The molecule has 1 aromatic heterocycles. The van der Waals surface area contributed by atoms with Gasteiger partial charge in [0.1, 0.15) is 0 Å². The summed E-state index contributed by atoms with van der Waals surface area (Å²) in [6.45, 7) is 11.7. The van der Waals surface area contributed by atoms with Crippen molar-refractivity contribution in [2.24, 2.45) is 12.0 Å². The molecule has 31 heavy (non-hydrogen) atoms. The summed E-state index contributed by atoms with van der Waals surface area (Å²) in [4.78, 5) is 12.4. The summed E-state index contributed by atoms with van der Waals surface area (Å²) in [5, 5.41) is 7.84. The molecular weight excluding hydrogens is 386 g/mol. The van der Waals surface area contributed by atoms with E-state index >= 15 is 0 Å². The molecule has 1 unspecified atom stereocenters. The lowest BCUT2D eigenvalue weighted by atomic mass is 10.0. The first-order valence-electron chi connectivity index (χ1n) is 11.8. The topological polar surface area (TPSA) is 51.9 Å². The Morgan fingerprint density at radius 1 is 1.13 bits per heavy atom. The van der Waals surface area contributed by atoms with Crippen LogP contribution in [0.2, 0.25) is 0 Å². The van der Waals surface area contributed by atoms with E-state index in [9.17, 15) is 0 Å². The first kappa shape index (κ1) is 21.7. The smallest absolute Gasteiger partial charge is 0.193 e. The van der Waals surface area contributed by atoms with Crippen molar-refractivity contribution in [1.29, 1.82) is 0 Å². The molecule has 0 amide bonds. The number of anilines is 1. The molecule has 0 spiro atoms. The molecule has 2 aliphatic heterocycles. The number of hydrogen-bond donors (Lipinski definition) is 1. The van der Waals surface area contributed by atoms with Gasteiger partial charge in [-0.25, -0.2) is 0 Å². The molecule has 7 heteroatoms. The molecule has 1 aromatic carbocycles. The average Bonchev–Trinajstić information content (AvgIpc) is 3.46. The lowest BCUT2D eigenvalue weighted by Gasteiger charge is -2.36. The van der Waals surface area contributed by atoms with Gasteiger partial charge < -0.3 is 15.1 Å². The molecule has 2 saturated heterocycles. The van der Waals surface area contributed by atoms with Gasteiger partial charge in [0, 0.05) is 83.8 Å². The highest BCUT2D eigenvalue weighted by Gasteiger charge is 2.26. The highest BCUT2D eigenvalue weighted by molar-refractivity contribution is 5.80. The molecule has 1 N–H and O–H groups in total. The van der Waals surface area contributed by atoms with Gasteiger partial charge in [0.25, 0.3) is 0 Å². The summed E-state index contributed by atoms with van der Waals surface area (Å²) < 4.78 is 1.90. The van der Waals surface area contributed by atoms with Crippen molar-refractivity contribution in [3.63, 3.8) is 0 Å². The molecule has 1 atom stereocenters. The van der Waals surface area contributed by atoms with Crippen molar-refractivity contribution in [2.45, 2.75) is 25.7 Å². The maximum absolute atomic E-state index is 4.95. The van der Waals surface area contributed by atoms with E-state index in [1.54, 1.807) is 0 Å². The van der Waals surface area contributed by atoms with Crippen LogP contribution in [0.3, 0.4) is 0 Å². The van der Waals surface area contributed by atoms with Gasteiger partial charge in [-0.05, 0) is 37.5 Å². The van der Waals surface area contributed by atoms with Crippen molar-refractivity contribution >= 4 is 11.6 Å². The predicted molar refractivity (Wildman–Crippen MR) is 128 cm³/mol. The molecule has 3 heterocycles. The van der Waals surface area contributed by atoms with Gasteiger partial charge >= 0.3 is 0 Å². The van der Waals surface area contributed by atoms with Crippen LogP contribution in [-0.4, -0.2) is 84.4 Å². The Kier molecular flexibility index (Phi) is 7.46. The van der Waals surface area contributed by atoms with E-state index < -0.39 is 0 Å². The van der Waals surface area contributed by atoms with Crippen LogP contribution >= 0.6 is 0 Å². The second-order valence-electron chi connectivity index (χ2n) is 8.63. The molecule has 4 rings (SSSR count). The molecule has 2 fully saturated rings. The maximum Gasteiger partial charge on any atom is 0.193 e. The van der Waals surface area contributed by atoms with E-state index in [0.717, 1.165) is 71.3 Å². The summed E-state index contributed by atoms with van der Waals surface area (Å²) >= 11 is 0.